The Morgan fingerprint density at radius 3 is 1.38 bits per heavy atom. The molecule has 8 heteroatoms. The molecule has 0 saturated carbocycles. The third-order valence-corrected chi connectivity index (χ3v) is 0. The van der Waals surface area contributed by atoms with Gasteiger partial charge in [0.25, 0.3) is 0 Å². The summed E-state index contributed by atoms with van der Waals surface area (Å²) in [5.74, 6) is 0. The molecule has 0 amide bonds. The van der Waals surface area contributed by atoms with Crippen molar-refractivity contribution < 1.29 is 36.1 Å². The minimum atomic E-state index is -4.67. The number of nitrogens with zero attached hydrogens (tertiary/aromatic N) is 1. The first-order valence-electron chi connectivity index (χ1n) is 1.04. The third kappa shape index (κ3) is 18100. The Labute approximate surface area is 55.8 Å². The van der Waals surface area contributed by atoms with Gasteiger partial charge in [0.05, 0.1) is 0 Å². The molecule has 0 bridgehead atoms. The molecule has 0 aliphatic carbocycles. The van der Waals surface area contributed by atoms with Gasteiger partial charge in [-0.2, -0.15) is 8.42 Å². The van der Waals surface area contributed by atoms with Crippen LogP contribution in [0, 0.1) is 4.91 Å². The second-order valence-electron chi connectivity index (χ2n) is 0.512. The summed E-state index contributed by atoms with van der Waals surface area (Å²) in [6.45, 7) is 0. The van der Waals surface area contributed by atoms with Crippen LogP contribution in [-0.2, 0) is 28.9 Å². The first-order valence-corrected chi connectivity index (χ1v) is 3.21. The van der Waals surface area contributed by atoms with Gasteiger partial charge in [0.15, 0.2) is 0 Å². The predicted octanol–water partition coefficient (Wildman–Crippen LogP) is -0.438. The SMILES string of the molecule is O=S(=O)(O)O.O=[N][Ru]. The van der Waals surface area contributed by atoms with E-state index in [1.807, 2.05) is 0 Å². The molecule has 0 aromatic heterocycles. The summed E-state index contributed by atoms with van der Waals surface area (Å²) in [6, 6.07) is 0. The van der Waals surface area contributed by atoms with Crippen LogP contribution in [0.2, 0.25) is 0 Å². The monoisotopic (exact) mass is 230 g/mol. The van der Waals surface area contributed by atoms with E-state index in [1.54, 1.807) is 18.5 Å². The Bertz CT molecular complexity index is 127. The van der Waals surface area contributed by atoms with Gasteiger partial charge in [-0.15, -0.1) is 0 Å². The van der Waals surface area contributed by atoms with Crippen molar-refractivity contribution in [3.05, 3.63) is 4.91 Å². The Morgan fingerprint density at radius 2 is 1.38 bits per heavy atom. The quantitative estimate of drug-likeness (QED) is 0.333. The molecule has 0 spiro atoms. The number of nitroso groups, excluding NO2 is 1. The Hall–Kier alpha value is 0.0934. The van der Waals surface area contributed by atoms with Crippen LogP contribution in [0.4, 0.5) is 0 Å². The van der Waals surface area contributed by atoms with Gasteiger partial charge in [-0.25, -0.2) is 0 Å². The molecule has 8 heavy (non-hydrogen) atoms. The van der Waals surface area contributed by atoms with Gasteiger partial charge in [0.2, 0.25) is 0 Å². The fourth-order valence-electron chi connectivity index (χ4n) is 0. The normalized spacial score (nSPS) is 8.88. The van der Waals surface area contributed by atoms with Crippen LogP contribution in [0.1, 0.15) is 0 Å². The fraction of sp³-hybridized carbons (Fsp3) is 0. The van der Waals surface area contributed by atoms with E-state index in [1.165, 1.54) is 0 Å². The third-order valence-electron chi connectivity index (χ3n) is 0. The molecule has 2 N–H and O–H groups in total. The summed E-state index contributed by atoms with van der Waals surface area (Å²) >= 11 is 1.58. The van der Waals surface area contributed by atoms with Gasteiger partial charge >= 0.3 is 37.8 Å². The second kappa shape index (κ2) is 5.23. The van der Waals surface area contributed by atoms with Crippen molar-refractivity contribution in [2.75, 3.05) is 0 Å². The van der Waals surface area contributed by atoms with Gasteiger partial charge in [-0.3, -0.25) is 9.11 Å². The summed E-state index contributed by atoms with van der Waals surface area (Å²) in [4.78, 5) is 8.52. The molecule has 0 atom stereocenters. The van der Waals surface area contributed by atoms with Gasteiger partial charge in [0.1, 0.15) is 0 Å². The first kappa shape index (κ1) is 11.0. The van der Waals surface area contributed by atoms with Gasteiger partial charge in [-0.1, -0.05) is 0 Å². The molecule has 0 saturated heterocycles. The van der Waals surface area contributed by atoms with E-state index in [2.05, 4.69) is 3.92 Å². The van der Waals surface area contributed by atoms with E-state index in [0.717, 1.165) is 0 Å². The van der Waals surface area contributed by atoms with Crippen molar-refractivity contribution in [3.8, 4) is 0 Å². The van der Waals surface area contributed by atoms with Gasteiger partial charge in [-0.05, 0) is 0 Å². The zero-order chi connectivity index (χ0) is 7.21. The summed E-state index contributed by atoms with van der Waals surface area (Å²) in [6.07, 6.45) is 0. The summed E-state index contributed by atoms with van der Waals surface area (Å²) in [5, 5.41) is 0. The molecule has 0 fully saturated rings. The molecule has 0 aromatic rings. The summed E-state index contributed by atoms with van der Waals surface area (Å²) in [7, 11) is -4.67. The van der Waals surface area contributed by atoms with E-state index in [4.69, 9.17) is 22.4 Å². The van der Waals surface area contributed by atoms with Crippen molar-refractivity contribution >= 4 is 10.4 Å². The van der Waals surface area contributed by atoms with Crippen molar-refractivity contribution in [1.29, 1.82) is 0 Å². The molecular weight excluding hydrogens is 227 g/mol. The summed E-state index contributed by atoms with van der Waals surface area (Å²) < 4.78 is 33.8. The van der Waals surface area contributed by atoms with E-state index in [0.29, 0.717) is 0 Å². The Balaban J connectivity index is 0. The molecule has 0 rings (SSSR count). The summed E-state index contributed by atoms with van der Waals surface area (Å²) in [5.41, 5.74) is 0. The van der Waals surface area contributed by atoms with E-state index in [9.17, 15) is 0 Å². The second-order valence-corrected chi connectivity index (χ2v) is 1.73. The number of rotatable bonds is 0. The van der Waals surface area contributed by atoms with E-state index >= 15 is 0 Å². The zero-order valence-corrected chi connectivity index (χ0v) is 5.88. The molecule has 0 aromatic carbocycles. The van der Waals surface area contributed by atoms with Crippen LogP contribution >= 0.6 is 0 Å². The minimum absolute atomic E-state index is 1.58. The average molecular weight is 229 g/mol. The molecule has 0 radical (unpaired) electrons. The molecule has 0 unspecified atom stereocenters. The molecular formula is H2NO5RuS. The average Bonchev–Trinajstić information content (AvgIpc) is 1.27. The van der Waals surface area contributed by atoms with E-state index in [-0.39, 0.29) is 0 Å². The van der Waals surface area contributed by atoms with Gasteiger partial charge in [0, 0.05) is 0 Å². The van der Waals surface area contributed by atoms with Gasteiger partial charge < -0.3 is 0 Å². The van der Waals surface area contributed by atoms with Crippen LogP contribution in [0.3, 0.4) is 0 Å². The van der Waals surface area contributed by atoms with Crippen LogP contribution in [0.5, 0.6) is 0 Å². The predicted molar refractivity (Wildman–Crippen MR) is 20.0 cm³/mol. The zero-order valence-electron chi connectivity index (χ0n) is 3.33. The molecule has 0 heterocycles. The van der Waals surface area contributed by atoms with Crippen LogP contribution in [-0.4, -0.2) is 17.5 Å². The Kier molecular flexibility index (Phi) is 7.18. The standard InChI is InChI=1S/NO.H2O4S.Ru/c1-2;1-5(2,3)4;/h;(H2,1,2,3,4);/q-1;;+1. The van der Waals surface area contributed by atoms with Crippen molar-refractivity contribution in [2.45, 2.75) is 0 Å². The number of hydrogen-bond acceptors (Lipinski definition) is 4. The topological polar surface area (TPSA) is 104 Å². The fourth-order valence-corrected chi connectivity index (χ4v) is 0. The number of hydrogen-bond donors (Lipinski definition) is 2. The van der Waals surface area contributed by atoms with E-state index < -0.39 is 10.4 Å². The van der Waals surface area contributed by atoms with Crippen LogP contribution in [0.25, 0.3) is 0 Å². The Morgan fingerprint density at radius 1 is 1.38 bits per heavy atom. The molecule has 6 nitrogen and oxygen atoms in total. The molecule has 51 valence electrons. The van der Waals surface area contributed by atoms with Crippen molar-refractivity contribution in [2.24, 2.45) is 3.92 Å². The maximum atomic E-state index is 8.74. The van der Waals surface area contributed by atoms with Crippen LogP contribution < -0.4 is 0 Å². The van der Waals surface area contributed by atoms with Crippen molar-refractivity contribution in [1.82, 2.24) is 0 Å². The van der Waals surface area contributed by atoms with Crippen molar-refractivity contribution in [3.63, 3.8) is 0 Å². The molecule has 0 aliphatic heterocycles. The maximum absolute atomic E-state index is 8.74. The molecule has 0 aliphatic rings. The first-order chi connectivity index (χ1) is 3.41. The van der Waals surface area contributed by atoms with Crippen LogP contribution in [0.15, 0.2) is 3.92 Å².